The number of aromatic amines is 1. The molecule has 2 aromatic heterocycles. The molecular weight excluding hydrogens is 299 g/mol. The summed E-state index contributed by atoms with van der Waals surface area (Å²) in [7, 11) is 0. The number of carbonyl (C=O) groups excluding carboxylic acids is 2. The maximum atomic E-state index is 13.5. The molecule has 23 heavy (non-hydrogen) atoms. The number of esters is 1. The Morgan fingerprint density at radius 1 is 1.22 bits per heavy atom. The maximum absolute atomic E-state index is 13.5. The van der Waals surface area contributed by atoms with Gasteiger partial charge in [0, 0.05) is 18.5 Å². The number of nitrogens with zero attached hydrogens (tertiary/aromatic N) is 1. The SMILES string of the molecule is CC(=O)Oc1c(C(=O)c2cc(C)ccn2)[nH]c2ccc(F)cc12. The van der Waals surface area contributed by atoms with E-state index in [-0.39, 0.29) is 17.1 Å². The van der Waals surface area contributed by atoms with Crippen LogP contribution in [0.15, 0.2) is 36.5 Å². The van der Waals surface area contributed by atoms with Crippen molar-refractivity contribution in [2.75, 3.05) is 0 Å². The van der Waals surface area contributed by atoms with E-state index >= 15 is 0 Å². The van der Waals surface area contributed by atoms with Crippen molar-refractivity contribution in [1.82, 2.24) is 9.97 Å². The number of halogens is 1. The van der Waals surface area contributed by atoms with Gasteiger partial charge in [-0.25, -0.2) is 4.39 Å². The van der Waals surface area contributed by atoms with Crippen LogP contribution in [0.2, 0.25) is 0 Å². The Morgan fingerprint density at radius 3 is 2.70 bits per heavy atom. The van der Waals surface area contributed by atoms with Gasteiger partial charge in [-0.15, -0.1) is 0 Å². The fourth-order valence-corrected chi connectivity index (χ4v) is 2.34. The van der Waals surface area contributed by atoms with E-state index in [1.807, 2.05) is 6.92 Å². The Bertz CT molecular complexity index is 931. The van der Waals surface area contributed by atoms with Crippen molar-refractivity contribution in [3.8, 4) is 5.75 Å². The average Bonchev–Trinajstić information content (AvgIpc) is 2.84. The van der Waals surface area contributed by atoms with Crippen molar-refractivity contribution in [3.05, 3.63) is 59.3 Å². The first-order valence-electron chi connectivity index (χ1n) is 6.92. The molecule has 0 radical (unpaired) electrons. The molecule has 2 heterocycles. The van der Waals surface area contributed by atoms with Gasteiger partial charge in [0.15, 0.2) is 5.75 Å². The molecule has 0 aliphatic carbocycles. The molecule has 1 aromatic carbocycles. The fraction of sp³-hybridized carbons (Fsp3) is 0.118. The Hall–Kier alpha value is -3.02. The number of H-pyrrole nitrogens is 1. The highest BCUT2D eigenvalue weighted by Gasteiger charge is 2.23. The molecule has 0 aliphatic heterocycles. The molecule has 0 aliphatic rings. The largest absolute Gasteiger partial charge is 0.424 e. The van der Waals surface area contributed by atoms with Crippen molar-refractivity contribution >= 4 is 22.7 Å². The molecule has 116 valence electrons. The van der Waals surface area contributed by atoms with E-state index in [1.165, 1.54) is 31.3 Å². The van der Waals surface area contributed by atoms with Gasteiger partial charge in [0.1, 0.15) is 17.2 Å². The van der Waals surface area contributed by atoms with Gasteiger partial charge in [-0.3, -0.25) is 14.6 Å². The Kier molecular flexibility index (Phi) is 3.65. The number of ketones is 1. The molecule has 0 unspecified atom stereocenters. The van der Waals surface area contributed by atoms with Gasteiger partial charge in [-0.1, -0.05) is 0 Å². The van der Waals surface area contributed by atoms with Crippen LogP contribution in [0.3, 0.4) is 0 Å². The summed E-state index contributed by atoms with van der Waals surface area (Å²) in [5.41, 5.74) is 1.66. The number of benzene rings is 1. The molecule has 0 atom stereocenters. The van der Waals surface area contributed by atoms with Gasteiger partial charge in [0.05, 0.1) is 5.52 Å². The predicted molar refractivity (Wildman–Crippen MR) is 82.0 cm³/mol. The number of ether oxygens (including phenoxy) is 1. The zero-order chi connectivity index (χ0) is 16.6. The number of rotatable bonds is 3. The number of pyridine rings is 1. The van der Waals surface area contributed by atoms with Gasteiger partial charge in [0.25, 0.3) is 0 Å². The average molecular weight is 312 g/mol. The zero-order valence-corrected chi connectivity index (χ0v) is 12.5. The van der Waals surface area contributed by atoms with Crippen LogP contribution in [0.25, 0.3) is 10.9 Å². The zero-order valence-electron chi connectivity index (χ0n) is 12.5. The van der Waals surface area contributed by atoms with Crippen molar-refractivity contribution in [2.24, 2.45) is 0 Å². The van der Waals surface area contributed by atoms with Crippen LogP contribution in [-0.2, 0) is 4.79 Å². The Labute approximate surface area is 131 Å². The number of carbonyl (C=O) groups is 2. The lowest BCUT2D eigenvalue weighted by Gasteiger charge is -2.04. The smallest absolute Gasteiger partial charge is 0.308 e. The number of nitrogens with one attached hydrogen (secondary N) is 1. The number of hydrogen-bond acceptors (Lipinski definition) is 4. The lowest BCUT2D eigenvalue weighted by atomic mass is 10.1. The first-order chi connectivity index (χ1) is 11.0. The monoisotopic (exact) mass is 312 g/mol. The van der Waals surface area contributed by atoms with Crippen molar-refractivity contribution in [1.29, 1.82) is 0 Å². The topological polar surface area (TPSA) is 72.1 Å². The summed E-state index contributed by atoms with van der Waals surface area (Å²) in [5.74, 6) is -1.50. The van der Waals surface area contributed by atoms with E-state index in [9.17, 15) is 14.0 Å². The molecule has 0 fully saturated rings. The van der Waals surface area contributed by atoms with Crippen molar-refractivity contribution < 1.29 is 18.7 Å². The Morgan fingerprint density at radius 2 is 2.00 bits per heavy atom. The number of aryl methyl sites for hydroxylation is 1. The molecule has 0 bridgehead atoms. The Balaban J connectivity index is 2.19. The number of aromatic nitrogens is 2. The third-order valence-electron chi connectivity index (χ3n) is 3.33. The van der Waals surface area contributed by atoms with Gasteiger partial charge in [-0.05, 0) is 42.8 Å². The molecule has 6 heteroatoms. The molecule has 0 saturated heterocycles. The quantitative estimate of drug-likeness (QED) is 0.595. The second-order valence-corrected chi connectivity index (χ2v) is 5.16. The molecule has 0 spiro atoms. The lowest BCUT2D eigenvalue weighted by molar-refractivity contribution is -0.131. The van der Waals surface area contributed by atoms with E-state index in [0.29, 0.717) is 10.9 Å². The lowest BCUT2D eigenvalue weighted by Crippen LogP contribution is -2.09. The minimum atomic E-state index is -0.596. The summed E-state index contributed by atoms with van der Waals surface area (Å²) in [6.07, 6.45) is 1.52. The van der Waals surface area contributed by atoms with Gasteiger partial charge < -0.3 is 9.72 Å². The molecule has 3 aromatic rings. The summed E-state index contributed by atoms with van der Waals surface area (Å²) in [5, 5.41) is 0.330. The van der Waals surface area contributed by atoms with Crippen LogP contribution in [-0.4, -0.2) is 21.7 Å². The van der Waals surface area contributed by atoms with Crippen LogP contribution in [0, 0.1) is 12.7 Å². The molecule has 1 N–H and O–H groups in total. The summed E-state index contributed by atoms with van der Waals surface area (Å²) in [4.78, 5) is 30.9. The first kappa shape index (κ1) is 14.9. The second kappa shape index (κ2) is 5.64. The molecular formula is C17H13FN2O3. The van der Waals surface area contributed by atoms with Gasteiger partial charge in [0.2, 0.25) is 5.78 Å². The molecule has 3 rings (SSSR count). The summed E-state index contributed by atoms with van der Waals surface area (Å²) < 4.78 is 18.6. The fourth-order valence-electron chi connectivity index (χ4n) is 2.34. The highest BCUT2D eigenvalue weighted by atomic mass is 19.1. The van der Waals surface area contributed by atoms with Gasteiger partial charge >= 0.3 is 5.97 Å². The summed E-state index contributed by atoms with van der Waals surface area (Å²) >= 11 is 0. The maximum Gasteiger partial charge on any atom is 0.308 e. The molecule has 0 saturated carbocycles. The predicted octanol–water partition coefficient (Wildman–Crippen LogP) is 3.17. The normalized spacial score (nSPS) is 10.7. The van der Waals surface area contributed by atoms with Crippen LogP contribution in [0.4, 0.5) is 4.39 Å². The number of hydrogen-bond donors (Lipinski definition) is 1. The highest BCUT2D eigenvalue weighted by molar-refractivity contribution is 6.12. The van der Waals surface area contributed by atoms with Crippen molar-refractivity contribution in [2.45, 2.75) is 13.8 Å². The summed E-state index contributed by atoms with van der Waals surface area (Å²) in [6.45, 7) is 3.06. The third kappa shape index (κ3) is 2.83. The minimum Gasteiger partial charge on any atom is -0.424 e. The van der Waals surface area contributed by atoms with E-state index in [0.717, 1.165) is 5.56 Å². The van der Waals surface area contributed by atoms with Gasteiger partial charge in [-0.2, -0.15) is 0 Å². The number of fused-ring (bicyclic) bond motifs is 1. The van der Waals surface area contributed by atoms with Crippen LogP contribution < -0.4 is 4.74 Å². The molecule has 0 amide bonds. The van der Waals surface area contributed by atoms with Crippen LogP contribution >= 0.6 is 0 Å². The van der Waals surface area contributed by atoms with Crippen molar-refractivity contribution in [3.63, 3.8) is 0 Å². The van der Waals surface area contributed by atoms with E-state index in [2.05, 4.69) is 9.97 Å². The molecule has 5 nitrogen and oxygen atoms in total. The van der Waals surface area contributed by atoms with Crippen LogP contribution in [0.1, 0.15) is 28.7 Å². The summed E-state index contributed by atoms with van der Waals surface area (Å²) in [6, 6.07) is 7.36. The van der Waals surface area contributed by atoms with Crippen LogP contribution in [0.5, 0.6) is 5.75 Å². The van der Waals surface area contributed by atoms with E-state index in [1.54, 1.807) is 12.1 Å². The van der Waals surface area contributed by atoms with E-state index < -0.39 is 17.6 Å². The third-order valence-corrected chi connectivity index (χ3v) is 3.33. The minimum absolute atomic E-state index is 0.0142. The first-order valence-corrected chi connectivity index (χ1v) is 6.92. The standard InChI is InChI=1S/C17H13FN2O3/c1-9-5-6-19-14(7-9)16(22)15-17(23-10(2)21)12-8-11(18)3-4-13(12)20-15/h3-8,20H,1-2H3. The van der Waals surface area contributed by atoms with E-state index in [4.69, 9.17) is 4.74 Å². The highest BCUT2D eigenvalue weighted by Crippen LogP contribution is 2.32. The second-order valence-electron chi connectivity index (χ2n) is 5.16.